The molecule has 2 unspecified atom stereocenters. The van der Waals surface area contributed by atoms with Gasteiger partial charge in [0.15, 0.2) is 0 Å². The summed E-state index contributed by atoms with van der Waals surface area (Å²) in [6.07, 6.45) is 5.57. The van der Waals surface area contributed by atoms with Crippen LogP contribution in [0.5, 0.6) is 0 Å². The Balaban J connectivity index is 2.74. The van der Waals surface area contributed by atoms with Crippen LogP contribution < -0.4 is 5.32 Å². The summed E-state index contributed by atoms with van der Waals surface area (Å²) in [6, 6.07) is 0. The van der Waals surface area contributed by atoms with Crippen LogP contribution >= 0.6 is 0 Å². The summed E-state index contributed by atoms with van der Waals surface area (Å²) < 4.78 is 0. The van der Waals surface area contributed by atoms with E-state index in [2.05, 4.69) is 40.1 Å². The molecule has 0 amide bonds. The summed E-state index contributed by atoms with van der Waals surface area (Å²) in [6.45, 7) is 10.9. The fourth-order valence-electron chi connectivity index (χ4n) is 3.23. The second kappa shape index (κ2) is 4.22. The maximum Gasteiger partial charge on any atom is 0.000738 e. The summed E-state index contributed by atoms with van der Waals surface area (Å²) in [5.41, 5.74) is 1.01. The molecule has 1 saturated carbocycles. The van der Waals surface area contributed by atoms with E-state index >= 15 is 0 Å². The normalized spacial score (nSPS) is 36.2. The van der Waals surface area contributed by atoms with Gasteiger partial charge in [-0.3, -0.25) is 0 Å². The fourth-order valence-corrected chi connectivity index (χ4v) is 3.23. The maximum atomic E-state index is 3.37. The average molecular weight is 197 g/mol. The van der Waals surface area contributed by atoms with Gasteiger partial charge in [-0.25, -0.2) is 0 Å². The molecule has 1 heteroatoms. The van der Waals surface area contributed by atoms with Crippen LogP contribution in [0.4, 0.5) is 0 Å². The van der Waals surface area contributed by atoms with Crippen molar-refractivity contribution in [2.75, 3.05) is 13.6 Å². The quantitative estimate of drug-likeness (QED) is 0.728. The van der Waals surface area contributed by atoms with Crippen molar-refractivity contribution in [3.05, 3.63) is 0 Å². The molecule has 0 aromatic carbocycles. The van der Waals surface area contributed by atoms with E-state index in [-0.39, 0.29) is 0 Å². The smallest absolute Gasteiger partial charge is 0.000738 e. The summed E-state index contributed by atoms with van der Waals surface area (Å²) in [5.74, 6) is 0.936. The Labute approximate surface area is 89.7 Å². The molecule has 0 bridgehead atoms. The van der Waals surface area contributed by atoms with Crippen molar-refractivity contribution in [3.8, 4) is 0 Å². The number of hydrogen-bond donors (Lipinski definition) is 1. The second-order valence-corrected chi connectivity index (χ2v) is 5.84. The molecular formula is C13H27N. The second-order valence-electron chi connectivity index (χ2n) is 5.84. The van der Waals surface area contributed by atoms with Crippen molar-refractivity contribution in [2.24, 2.45) is 16.7 Å². The number of hydrogen-bond acceptors (Lipinski definition) is 1. The standard InChI is InChI=1S/C13H27N/c1-6-7-11-8-9-13(4,10-14-5)12(11,2)3/h11,14H,6-10H2,1-5H3. The summed E-state index contributed by atoms with van der Waals surface area (Å²) in [5, 5.41) is 3.37. The van der Waals surface area contributed by atoms with Crippen LogP contribution in [0.15, 0.2) is 0 Å². The van der Waals surface area contributed by atoms with Gasteiger partial charge in [-0.1, -0.05) is 40.5 Å². The van der Waals surface area contributed by atoms with Gasteiger partial charge in [-0.05, 0) is 36.6 Å². The monoisotopic (exact) mass is 197 g/mol. The summed E-state index contributed by atoms with van der Waals surface area (Å²) in [4.78, 5) is 0. The van der Waals surface area contributed by atoms with Gasteiger partial charge in [0.1, 0.15) is 0 Å². The minimum Gasteiger partial charge on any atom is -0.319 e. The van der Waals surface area contributed by atoms with Crippen molar-refractivity contribution in [3.63, 3.8) is 0 Å². The van der Waals surface area contributed by atoms with E-state index in [0.29, 0.717) is 10.8 Å². The van der Waals surface area contributed by atoms with Crippen molar-refractivity contribution in [1.29, 1.82) is 0 Å². The third-order valence-electron chi connectivity index (χ3n) is 4.82. The van der Waals surface area contributed by atoms with Gasteiger partial charge in [0.25, 0.3) is 0 Å². The molecule has 0 radical (unpaired) electrons. The van der Waals surface area contributed by atoms with Gasteiger partial charge in [-0.15, -0.1) is 0 Å². The lowest BCUT2D eigenvalue weighted by atomic mass is 9.65. The molecule has 2 atom stereocenters. The van der Waals surface area contributed by atoms with Gasteiger partial charge in [0.05, 0.1) is 0 Å². The maximum absolute atomic E-state index is 3.37. The van der Waals surface area contributed by atoms with Gasteiger partial charge in [0, 0.05) is 6.54 Å². The lowest BCUT2D eigenvalue weighted by Gasteiger charge is -2.42. The largest absolute Gasteiger partial charge is 0.319 e. The molecule has 0 heterocycles. The molecular weight excluding hydrogens is 170 g/mol. The zero-order valence-electron chi connectivity index (χ0n) is 10.6. The molecule has 1 aliphatic rings. The first-order valence-electron chi connectivity index (χ1n) is 6.12. The van der Waals surface area contributed by atoms with Gasteiger partial charge in [0.2, 0.25) is 0 Å². The van der Waals surface area contributed by atoms with Crippen LogP contribution in [0.3, 0.4) is 0 Å². The molecule has 14 heavy (non-hydrogen) atoms. The van der Waals surface area contributed by atoms with Crippen LogP contribution in [-0.4, -0.2) is 13.6 Å². The van der Waals surface area contributed by atoms with Crippen molar-refractivity contribution in [2.45, 2.75) is 53.4 Å². The zero-order chi connectivity index (χ0) is 10.8. The molecule has 1 nitrogen and oxygen atoms in total. The molecule has 1 aliphatic carbocycles. The Morgan fingerprint density at radius 3 is 2.43 bits per heavy atom. The third-order valence-corrected chi connectivity index (χ3v) is 4.82. The Morgan fingerprint density at radius 1 is 1.29 bits per heavy atom. The van der Waals surface area contributed by atoms with Gasteiger partial charge in [-0.2, -0.15) is 0 Å². The van der Waals surface area contributed by atoms with Crippen LogP contribution in [-0.2, 0) is 0 Å². The Hall–Kier alpha value is -0.0400. The fraction of sp³-hybridized carbons (Fsp3) is 1.00. The summed E-state index contributed by atoms with van der Waals surface area (Å²) >= 11 is 0. The first-order chi connectivity index (χ1) is 6.48. The van der Waals surface area contributed by atoms with E-state index in [4.69, 9.17) is 0 Å². The molecule has 0 aromatic rings. The molecule has 0 saturated heterocycles. The zero-order valence-corrected chi connectivity index (χ0v) is 10.6. The molecule has 1 fully saturated rings. The Bertz CT molecular complexity index is 186. The van der Waals surface area contributed by atoms with E-state index in [9.17, 15) is 0 Å². The van der Waals surface area contributed by atoms with Crippen LogP contribution in [0.25, 0.3) is 0 Å². The first-order valence-corrected chi connectivity index (χ1v) is 6.12. The highest BCUT2D eigenvalue weighted by molar-refractivity contribution is 5.00. The molecule has 1 N–H and O–H groups in total. The molecule has 0 aromatic heterocycles. The lowest BCUT2D eigenvalue weighted by molar-refractivity contribution is 0.0850. The highest BCUT2D eigenvalue weighted by Crippen LogP contribution is 2.56. The highest BCUT2D eigenvalue weighted by Gasteiger charge is 2.50. The van der Waals surface area contributed by atoms with E-state index in [1.807, 2.05) is 0 Å². The molecule has 84 valence electrons. The van der Waals surface area contributed by atoms with Crippen molar-refractivity contribution >= 4 is 0 Å². The number of rotatable bonds is 4. The lowest BCUT2D eigenvalue weighted by Crippen LogP contribution is -2.41. The van der Waals surface area contributed by atoms with Crippen molar-refractivity contribution < 1.29 is 0 Å². The highest BCUT2D eigenvalue weighted by atomic mass is 14.8. The van der Waals surface area contributed by atoms with Crippen LogP contribution in [0, 0.1) is 16.7 Å². The van der Waals surface area contributed by atoms with E-state index in [1.165, 1.54) is 32.2 Å². The molecule has 1 rings (SSSR count). The van der Waals surface area contributed by atoms with E-state index < -0.39 is 0 Å². The van der Waals surface area contributed by atoms with E-state index in [0.717, 1.165) is 5.92 Å². The average Bonchev–Trinajstić information content (AvgIpc) is 2.30. The van der Waals surface area contributed by atoms with Gasteiger partial charge < -0.3 is 5.32 Å². The predicted molar refractivity (Wildman–Crippen MR) is 63.4 cm³/mol. The third kappa shape index (κ3) is 1.84. The first kappa shape index (κ1) is 12.0. The minimum atomic E-state index is 0.502. The number of nitrogens with one attached hydrogen (secondary N) is 1. The topological polar surface area (TPSA) is 12.0 Å². The molecule has 0 spiro atoms. The van der Waals surface area contributed by atoms with Crippen LogP contribution in [0.1, 0.15) is 53.4 Å². The van der Waals surface area contributed by atoms with Crippen LogP contribution in [0.2, 0.25) is 0 Å². The summed E-state index contributed by atoms with van der Waals surface area (Å²) in [7, 11) is 2.08. The van der Waals surface area contributed by atoms with Crippen molar-refractivity contribution in [1.82, 2.24) is 5.32 Å². The Kier molecular flexibility index (Phi) is 3.63. The van der Waals surface area contributed by atoms with E-state index in [1.54, 1.807) is 0 Å². The SMILES string of the molecule is CCCC1CCC(C)(CNC)C1(C)C. The van der Waals surface area contributed by atoms with Gasteiger partial charge >= 0.3 is 0 Å². The predicted octanol–water partition coefficient (Wildman–Crippen LogP) is 3.45. The minimum absolute atomic E-state index is 0.502. The molecule has 0 aliphatic heterocycles. The Morgan fingerprint density at radius 2 is 1.93 bits per heavy atom.